The van der Waals surface area contributed by atoms with Crippen molar-refractivity contribution in [1.82, 2.24) is 10.4 Å². The standard InChI is InChI=1S/C16H22BrN3/c1-11(2)6-5-9-15(20-18)16-13(17)10-12-7-3-4-8-14(12)19-16/h3-4,7-8,10-11,15,20H,5-6,9,18H2,1-2H3. The van der Waals surface area contributed by atoms with E-state index < -0.39 is 0 Å². The second-order valence-electron chi connectivity index (χ2n) is 5.59. The fourth-order valence-electron chi connectivity index (χ4n) is 2.38. The van der Waals surface area contributed by atoms with E-state index >= 15 is 0 Å². The summed E-state index contributed by atoms with van der Waals surface area (Å²) in [7, 11) is 0. The molecule has 0 bridgehead atoms. The second-order valence-corrected chi connectivity index (χ2v) is 6.45. The molecule has 0 fully saturated rings. The number of halogens is 1. The van der Waals surface area contributed by atoms with Gasteiger partial charge >= 0.3 is 0 Å². The molecule has 3 nitrogen and oxygen atoms in total. The predicted molar refractivity (Wildman–Crippen MR) is 88.2 cm³/mol. The first-order chi connectivity index (χ1) is 9.61. The molecule has 0 aliphatic carbocycles. The number of fused-ring (bicyclic) bond motifs is 1. The minimum absolute atomic E-state index is 0.0905. The minimum Gasteiger partial charge on any atom is -0.271 e. The Balaban J connectivity index is 2.22. The van der Waals surface area contributed by atoms with Crippen LogP contribution in [0, 0.1) is 5.92 Å². The molecule has 1 unspecified atom stereocenters. The third kappa shape index (κ3) is 3.78. The maximum atomic E-state index is 5.72. The molecule has 3 N–H and O–H groups in total. The molecule has 108 valence electrons. The first kappa shape index (κ1) is 15.4. The lowest BCUT2D eigenvalue weighted by atomic mass is 10.0. The van der Waals surface area contributed by atoms with Gasteiger partial charge in [0.2, 0.25) is 0 Å². The predicted octanol–water partition coefficient (Wildman–Crippen LogP) is 4.33. The maximum Gasteiger partial charge on any atom is 0.0736 e. The second kappa shape index (κ2) is 7.16. The van der Waals surface area contributed by atoms with Crippen LogP contribution in [0.4, 0.5) is 0 Å². The zero-order valence-electron chi connectivity index (χ0n) is 12.1. The molecule has 4 heteroatoms. The van der Waals surface area contributed by atoms with Gasteiger partial charge in [0.25, 0.3) is 0 Å². The maximum absolute atomic E-state index is 5.72. The Kier molecular flexibility index (Phi) is 5.52. The molecule has 1 atom stereocenters. The monoisotopic (exact) mass is 335 g/mol. The minimum atomic E-state index is 0.0905. The lowest BCUT2D eigenvalue weighted by molar-refractivity contribution is 0.448. The van der Waals surface area contributed by atoms with Crippen LogP contribution in [0.3, 0.4) is 0 Å². The molecule has 1 heterocycles. The van der Waals surface area contributed by atoms with Crippen molar-refractivity contribution < 1.29 is 0 Å². The van der Waals surface area contributed by atoms with Crippen LogP contribution in [0.2, 0.25) is 0 Å². The lowest BCUT2D eigenvalue weighted by Gasteiger charge is -2.18. The fraction of sp³-hybridized carbons (Fsp3) is 0.438. The Morgan fingerprint density at radius 3 is 2.70 bits per heavy atom. The Bertz CT molecular complexity index is 569. The van der Waals surface area contributed by atoms with Crippen LogP contribution in [0.15, 0.2) is 34.8 Å². The van der Waals surface area contributed by atoms with Crippen LogP contribution in [0.1, 0.15) is 44.8 Å². The zero-order valence-corrected chi connectivity index (χ0v) is 13.7. The molecule has 0 amide bonds. The van der Waals surface area contributed by atoms with Gasteiger partial charge in [0, 0.05) is 9.86 Å². The van der Waals surface area contributed by atoms with Crippen LogP contribution in [-0.4, -0.2) is 4.98 Å². The van der Waals surface area contributed by atoms with E-state index in [-0.39, 0.29) is 6.04 Å². The van der Waals surface area contributed by atoms with Crippen molar-refractivity contribution >= 4 is 26.8 Å². The average molecular weight is 336 g/mol. The number of hydrazine groups is 1. The van der Waals surface area contributed by atoms with Crippen LogP contribution >= 0.6 is 15.9 Å². The van der Waals surface area contributed by atoms with Crippen LogP contribution in [-0.2, 0) is 0 Å². The number of para-hydroxylation sites is 1. The molecule has 20 heavy (non-hydrogen) atoms. The SMILES string of the molecule is CC(C)CCCC(NN)c1nc2ccccc2cc1Br. The van der Waals surface area contributed by atoms with Crippen LogP contribution in [0.25, 0.3) is 10.9 Å². The summed E-state index contributed by atoms with van der Waals surface area (Å²) >= 11 is 3.62. The van der Waals surface area contributed by atoms with Crippen LogP contribution in [0.5, 0.6) is 0 Å². The molecule has 0 radical (unpaired) electrons. The van der Waals surface area contributed by atoms with Gasteiger partial charge in [-0.1, -0.05) is 44.9 Å². The number of aromatic nitrogens is 1. The van der Waals surface area contributed by atoms with Crippen molar-refractivity contribution in [2.45, 2.75) is 39.2 Å². The first-order valence-electron chi connectivity index (χ1n) is 7.13. The summed E-state index contributed by atoms with van der Waals surface area (Å²) in [6.07, 6.45) is 3.36. The zero-order chi connectivity index (χ0) is 14.5. The molecule has 1 aromatic heterocycles. The van der Waals surface area contributed by atoms with Crippen molar-refractivity contribution in [3.63, 3.8) is 0 Å². The number of benzene rings is 1. The highest BCUT2D eigenvalue weighted by atomic mass is 79.9. The van der Waals surface area contributed by atoms with E-state index in [1.807, 2.05) is 18.2 Å². The Morgan fingerprint density at radius 2 is 2.00 bits per heavy atom. The lowest BCUT2D eigenvalue weighted by Crippen LogP contribution is -2.29. The Hall–Kier alpha value is -0.970. The first-order valence-corrected chi connectivity index (χ1v) is 7.92. The molecule has 1 aromatic carbocycles. The molecule has 0 aliphatic heterocycles. The van der Waals surface area contributed by atoms with Gasteiger partial charge in [0.1, 0.15) is 0 Å². The van der Waals surface area contributed by atoms with Gasteiger partial charge in [-0.05, 0) is 40.4 Å². The highest BCUT2D eigenvalue weighted by Gasteiger charge is 2.15. The van der Waals surface area contributed by atoms with E-state index in [0.29, 0.717) is 0 Å². The molecule has 2 aromatic rings. The third-order valence-electron chi connectivity index (χ3n) is 3.51. The molecular weight excluding hydrogens is 314 g/mol. The van der Waals surface area contributed by atoms with Crippen LogP contribution < -0.4 is 11.3 Å². The molecule has 2 rings (SSSR count). The van der Waals surface area contributed by atoms with Crippen molar-refractivity contribution in [3.05, 3.63) is 40.5 Å². The number of hydrogen-bond acceptors (Lipinski definition) is 3. The highest BCUT2D eigenvalue weighted by molar-refractivity contribution is 9.10. The van der Waals surface area contributed by atoms with Gasteiger partial charge in [-0.2, -0.15) is 0 Å². The van der Waals surface area contributed by atoms with Gasteiger partial charge in [0.15, 0.2) is 0 Å². The summed E-state index contributed by atoms with van der Waals surface area (Å²) < 4.78 is 1.02. The molecule has 0 aliphatic rings. The Morgan fingerprint density at radius 1 is 1.25 bits per heavy atom. The summed E-state index contributed by atoms with van der Waals surface area (Å²) in [4.78, 5) is 4.75. The van der Waals surface area contributed by atoms with Crippen molar-refractivity contribution in [2.24, 2.45) is 11.8 Å². The van der Waals surface area contributed by atoms with Gasteiger partial charge in [0.05, 0.1) is 17.3 Å². The topological polar surface area (TPSA) is 50.9 Å². The van der Waals surface area contributed by atoms with Gasteiger partial charge < -0.3 is 0 Å². The van der Waals surface area contributed by atoms with Crippen molar-refractivity contribution in [3.8, 4) is 0 Å². The summed E-state index contributed by atoms with van der Waals surface area (Å²) in [5, 5.41) is 1.14. The van der Waals surface area contributed by atoms with Crippen molar-refractivity contribution in [2.75, 3.05) is 0 Å². The largest absolute Gasteiger partial charge is 0.271 e. The molecule has 0 saturated carbocycles. The number of nitrogens with one attached hydrogen (secondary N) is 1. The van der Waals surface area contributed by atoms with E-state index in [0.717, 1.165) is 39.8 Å². The summed E-state index contributed by atoms with van der Waals surface area (Å²) in [5.74, 6) is 6.45. The highest BCUT2D eigenvalue weighted by Crippen LogP contribution is 2.28. The number of hydrogen-bond donors (Lipinski definition) is 2. The summed E-state index contributed by atoms with van der Waals surface area (Å²) in [6.45, 7) is 4.49. The van der Waals surface area contributed by atoms with Gasteiger partial charge in [-0.15, -0.1) is 0 Å². The smallest absolute Gasteiger partial charge is 0.0736 e. The Labute approximate surface area is 129 Å². The van der Waals surface area contributed by atoms with E-state index in [9.17, 15) is 0 Å². The third-order valence-corrected chi connectivity index (χ3v) is 4.15. The molecular formula is C16H22BrN3. The normalized spacial score (nSPS) is 13.1. The average Bonchev–Trinajstić information content (AvgIpc) is 2.43. The summed E-state index contributed by atoms with van der Waals surface area (Å²) in [6, 6.07) is 10.3. The molecule has 0 saturated heterocycles. The fourth-order valence-corrected chi connectivity index (χ4v) is 2.99. The van der Waals surface area contributed by atoms with Crippen molar-refractivity contribution in [1.29, 1.82) is 0 Å². The van der Waals surface area contributed by atoms with E-state index in [1.54, 1.807) is 0 Å². The van der Waals surface area contributed by atoms with E-state index in [1.165, 1.54) is 6.42 Å². The number of rotatable bonds is 6. The summed E-state index contributed by atoms with van der Waals surface area (Å²) in [5.41, 5.74) is 4.91. The van der Waals surface area contributed by atoms with Gasteiger partial charge in [-0.25, -0.2) is 4.98 Å². The van der Waals surface area contributed by atoms with Gasteiger partial charge in [-0.3, -0.25) is 11.3 Å². The number of nitrogens with two attached hydrogens (primary N) is 1. The molecule has 0 spiro atoms. The van der Waals surface area contributed by atoms with E-state index in [4.69, 9.17) is 10.8 Å². The quantitative estimate of drug-likeness (QED) is 0.610. The van der Waals surface area contributed by atoms with E-state index in [2.05, 4.69) is 47.3 Å². The number of nitrogens with zero attached hydrogens (tertiary/aromatic N) is 1. The number of pyridine rings is 1.